The van der Waals surface area contributed by atoms with Crippen molar-refractivity contribution < 1.29 is 0 Å². The number of aryl methyl sites for hydroxylation is 1. The molecule has 1 fully saturated rings. The van der Waals surface area contributed by atoms with E-state index >= 15 is 0 Å². The second kappa shape index (κ2) is 3.65. The Morgan fingerprint density at radius 2 is 2.57 bits per heavy atom. The molecule has 1 aliphatic rings. The molecule has 0 saturated heterocycles. The van der Waals surface area contributed by atoms with Crippen molar-refractivity contribution in [1.82, 2.24) is 20.1 Å². The SMILES string of the molecule is Cn1cnnc1CN=C(N)NC1CC1. The molecule has 1 saturated carbocycles. The third-order valence-electron chi connectivity index (χ3n) is 2.13. The Morgan fingerprint density at radius 1 is 1.79 bits per heavy atom. The summed E-state index contributed by atoms with van der Waals surface area (Å²) < 4.78 is 1.83. The zero-order valence-corrected chi connectivity index (χ0v) is 8.14. The van der Waals surface area contributed by atoms with Crippen molar-refractivity contribution in [2.75, 3.05) is 0 Å². The Labute approximate surface area is 82.2 Å². The van der Waals surface area contributed by atoms with E-state index in [0.29, 0.717) is 18.5 Å². The molecule has 6 nitrogen and oxygen atoms in total. The summed E-state index contributed by atoms with van der Waals surface area (Å²) in [6.45, 7) is 0.474. The lowest BCUT2D eigenvalue weighted by Crippen LogP contribution is -2.33. The van der Waals surface area contributed by atoms with Crippen LogP contribution in [0.4, 0.5) is 0 Å². The summed E-state index contributed by atoms with van der Waals surface area (Å²) in [6, 6.07) is 0.540. The number of guanidine groups is 1. The van der Waals surface area contributed by atoms with Crippen LogP contribution in [0.2, 0.25) is 0 Å². The van der Waals surface area contributed by atoms with Gasteiger partial charge >= 0.3 is 0 Å². The standard InChI is InChI=1S/C8H14N6/c1-14-5-11-13-7(14)4-10-8(9)12-6-2-3-6/h5-6H,2-4H2,1H3,(H3,9,10,12). The van der Waals surface area contributed by atoms with Crippen molar-refractivity contribution >= 4 is 5.96 Å². The molecule has 0 amide bonds. The number of aromatic nitrogens is 3. The van der Waals surface area contributed by atoms with Gasteiger partial charge in [0, 0.05) is 13.1 Å². The molecular weight excluding hydrogens is 180 g/mol. The van der Waals surface area contributed by atoms with Gasteiger partial charge in [0.05, 0.1) is 0 Å². The van der Waals surface area contributed by atoms with E-state index in [1.807, 2.05) is 11.6 Å². The molecule has 2 rings (SSSR count). The first-order chi connectivity index (χ1) is 6.75. The molecule has 3 N–H and O–H groups in total. The second-order valence-electron chi connectivity index (χ2n) is 3.48. The quantitative estimate of drug-likeness (QED) is 0.496. The summed E-state index contributed by atoms with van der Waals surface area (Å²) in [6.07, 6.45) is 4.04. The van der Waals surface area contributed by atoms with Crippen molar-refractivity contribution in [3.8, 4) is 0 Å². The first kappa shape index (κ1) is 8.98. The molecule has 14 heavy (non-hydrogen) atoms. The Morgan fingerprint density at radius 3 is 3.14 bits per heavy atom. The first-order valence-electron chi connectivity index (χ1n) is 4.65. The minimum absolute atomic E-state index is 0.474. The Hall–Kier alpha value is -1.59. The highest BCUT2D eigenvalue weighted by Gasteiger charge is 2.21. The van der Waals surface area contributed by atoms with E-state index in [-0.39, 0.29) is 0 Å². The van der Waals surface area contributed by atoms with E-state index in [0.717, 1.165) is 5.82 Å². The van der Waals surface area contributed by atoms with Crippen LogP contribution in [0.3, 0.4) is 0 Å². The van der Waals surface area contributed by atoms with Crippen LogP contribution in [0.25, 0.3) is 0 Å². The van der Waals surface area contributed by atoms with E-state index in [2.05, 4.69) is 20.5 Å². The number of nitrogens with two attached hydrogens (primary N) is 1. The fourth-order valence-electron chi connectivity index (χ4n) is 1.09. The maximum Gasteiger partial charge on any atom is 0.189 e. The third kappa shape index (κ3) is 2.21. The van der Waals surface area contributed by atoms with Crippen molar-refractivity contribution in [3.63, 3.8) is 0 Å². The molecule has 6 heteroatoms. The predicted molar refractivity (Wildman–Crippen MR) is 52.5 cm³/mol. The molecule has 1 aromatic rings. The smallest absolute Gasteiger partial charge is 0.189 e. The minimum atomic E-state index is 0.474. The number of rotatable bonds is 3. The maximum absolute atomic E-state index is 5.66. The molecule has 1 heterocycles. The van der Waals surface area contributed by atoms with E-state index in [1.54, 1.807) is 6.33 Å². The van der Waals surface area contributed by atoms with Gasteiger partial charge in [0.1, 0.15) is 12.9 Å². The molecule has 0 unspecified atom stereocenters. The molecule has 0 atom stereocenters. The highest BCUT2D eigenvalue weighted by atomic mass is 15.3. The van der Waals surface area contributed by atoms with Gasteiger partial charge in [0.15, 0.2) is 11.8 Å². The second-order valence-corrected chi connectivity index (χ2v) is 3.48. The van der Waals surface area contributed by atoms with Gasteiger partial charge in [-0.15, -0.1) is 10.2 Å². The molecule has 0 spiro atoms. The Balaban J connectivity index is 1.88. The van der Waals surface area contributed by atoms with Crippen LogP contribution in [0.1, 0.15) is 18.7 Å². The number of nitrogens with one attached hydrogen (secondary N) is 1. The van der Waals surface area contributed by atoms with Crippen LogP contribution in [-0.4, -0.2) is 26.8 Å². The first-order valence-corrected chi connectivity index (χ1v) is 4.65. The number of hydrogen-bond acceptors (Lipinski definition) is 3. The molecule has 0 bridgehead atoms. The van der Waals surface area contributed by atoms with E-state index < -0.39 is 0 Å². The highest BCUT2D eigenvalue weighted by molar-refractivity contribution is 5.78. The van der Waals surface area contributed by atoms with Crippen LogP contribution in [0.15, 0.2) is 11.3 Å². The third-order valence-corrected chi connectivity index (χ3v) is 2.13. The van der Waals surface area contributed by atoms with Crippen molar-refractivity contribution in [1.29, 1.82) is 0 Å². The fraction of sp³-hybridized carbons (Fsp3) is 0.625. The zero-order valence-electron chi connectivity index (χ0n) is 8.14. The van der Waals surface area contributed by atoms with Crippen LogP contribution in [0.5, 0.6) is 0 Å². The maximum atomic E-state index is 5.66. The molecule has 0 aromatic carbocycles. The lowest BCUT2D eigenvalue weighted by atomic mass is 10.6. The average molecular weight is 194 g/mol. The summed E-state index contributed by atoms with van der Waals surface area (Å²) >= 11 is 0. The van der Waals surface area contributed by atoms with Crippen LogP contribution >= 0.6 is 0 Å². The zero-order chi connectivity index (χ0) is 9.97. The van der Waals surface area contributed by atoms with E-state index in [9.17, 15) is 0 Å². The van der Waals surface area contributed by atoms with Gasteiger partial charge in [0.2, 0.25) is 0 Å². The Kier molecular flexibility index (Phi) is 2.34. The molecule has 0 aliphatic heterocycles. The minimum Gasteiger partial charge on any atom is -0.370 e. The summed E-state index contributed by atoms with van der Waals surface area (Å²) in [5, 5.41) is 10.8. The predicted octanol–water partition coefficient (Wildman–Crippen LogP) is -0.618. The van der Waals surface area contributed by atoms with Gasteiger partial charge in [-0.05, 0) is 12.8 Å². The lowest BCUT2D eigenvalue weighted by molar-refractivity contribution is 0.783. The normalized spacial score (nSPS) is 17.1. The molecule has 1 aromatic heterocycles. The van der Waals surface area contributed by atoms with Crippen LogP contribution in [0, 0.1) is 0 Å². The summed E-state index contributed by atoms with van der Waals surface area (Å²) in [5.41, 5.74) is 5.66. The van der Waals surface area contributed by atoms with Gasteiger partial charge in [-0.1, -0.05) is 0 Å². The summed E-state index contributed by atoms with van der Waals surface area (Å²) in [7, 11) is 1.88. The molecule has 0 radical (unpaired) electrons. The summed E-state index contributed by atoms with van der Waals surface area (Å²) in [5.74, 6) is 1.31. The van der Waals surface area contributed by atoms with Crippen LogP contribution in [-0.2, 0) is 13.6 Å². The van der Waals surface area contributed by atoms with Crippen molar-refractivity contribution in [2.24, 2.45) is 17.8 Å². The summed E-state index contributed by atoms with van der Waals surface area (Å²) in [4.78, 5) is 4.17. The number of nitrogens with zero attached hydrogens (tertiary/aromatic N) is 4. The van der Waals surface area contributed by atoms with Gasteiger partial charge in [0.25, 0.3) is 0 Å². The Bertz CT molecular complexity index is 337. The molecule has 1 aliphatic carbocycles. The average Bonchev–Trinajstić information content (AvgIpc) is 2.86. The highest BCUT2D eigenvalue weighted by Crippen LogP contribution is 2.17. The number of aliphatic imine (C=N–C) groups is 1. The van der Waals surface area contributed by atoms with Crippen molar-refractivity contribution in [3.05, 3.63) is 12.2 Å². The van der Waals surface area contributed by atoms with Gasteiger partial charge < -0.3 is 15.6 Å². The van der Waals surface area contributed by atoms with Gasteiger partial charge in [-0.25, -0.2) is 4.99 Å². The van der Waals surface area contributed by atoms with E-state index in [1.165, 1.54) is 12.8 Å². The van der Waals surface area contributed by atoms with Gasteiger partial charge in [-0.3, -0.25) is 0 Å². The monoisotopic (exact) mass is 194 g/mol. The van der Waals surface area contributed by atoms with E-state index in [4.69, 9.17) is 5.73 Å². The lowest BCUT2D eigenvalue weighted by Gasteiger charge is -2.02. The van der Waals surface area contributed by atoms with Gasteiger partial charge in [-0.2, -0.15) is 0 Å². The fourth-order valence-corrected chi connectivity index (χ4v) is 1.09. The molecule has 76 valence electrons. The van der Waals surface area contributed by atoms with Crippen LogP contribution < -0.4 is 11.1 Å². The largest absolute Gasteiger partial charge is 0.370 e. The molecular formula is C8H14N6. The number of hydrogen-bond donors (Lipinski definition) is 2. The topological polar surface area (TPSA) is 81.1 Å². The van der Waals surface area contributed by atoms with Crippen molar-refractivity contribution in [2.45, 2.75) is 25.4 Å².